The molecule has 0 fully saturated rings. The first-order valence-electron chi connectivity index (χ1n) is 5.04. The molecule has 0 saturated heterocycles. The summed E-state index contributed by atoms with van der Waals surface area (Å²) in [5.74, 6) is 0.830. The highest BCUT2D eigenvalue weighted by molar-refractivity contribution is 5.20. The second-order valence-electron chi connectivity index (χ2n) is 3.54. The summed E-state index contributed by atoms with van der Waals surface area (Å²) in [6, 6.07) is 3.95. The molecule has 3 heteroatoms. The molecule has 14 heavy (non-hydrogen) atoms. The van der Waals surface area contributed by atoms with Crippen LogP contribution in [0.1, 0.15) is 26.0 Å². The first-order valence-corrected chi connectivity index (χ1v) is 5.04. The zero-order chi connectivity index (χ0) is 10.4. The van der Waals surface area contributed by atoms with E-state index in [-0.39, 0.29) is 6.10 Å². The molecule has 0 aliphatic carbocycles. The van der Waals surface area contributed by atoms with E-state index in [0.29, 0.717) is 6.54 Å². The summed E-state index contributed by atoms with van der Waals surface area (Å²) in [4.78, 5) is 4.29. The third kappa shape index (κ3) is 3.75. The van der Waals surface area contributed by atoms with Gasteiger partial charge in [-0.2, -0.15) is 0 Å². The molecule has 0 atom stereocenters. The topological polar surface area (TPSA) is 48.1 Å². The smallest absolute Gasteiger partial charge is 0.137 e. The fourth-order valence-corrected chi connectivity index (χ4v) is 1.18. The molecule has 2 N–H and O–H groups in total. The fraction of sp³-hybridized carbons (Fsp3) is 0.545. The number of nitrogens with two attached hydrogens (primary N) is 1. The molecule has 0 aromatic carbocycles. The van der Waals surface area contributed by atoms with Crippen LogP contribution in [0.25, 0.3) is 0 Å². The van der Waals surface area contributed by atoms with Gasteiger partial charge in [0.2, 0.25) is 0 Å². The van der Waals surface area contributed by atoms with Crippen LogP contribution in [0, 0.1) is 0 Å². The molecule has 0 bridgehead atoms. The van der Waals surface area contributed by atoms with E-state index in [4.69, 9.17) is 10.5 Å². The van der Waals surface area contributed by atoms with Gasteiger partial charge < -0.3 is 10.5 Å². The Labute approximate surface area is 85.3 Å². The molecule has 3 nitrogen and oxygen atoms in total. The minimum atomic E-state index is 0.201. The van der Waals surface area contributed by atoms with Crippen molar-refractivity contribution in [1.82, 2.24) is 4.98 Å². The Morgan fingerprint density at radius 1 is 1.43 bits per heavy atom. The summed E-state index contributed by atoms with van der Waals surface area (Å²) < 4.78 is 5.49. The van der Waals surface area contributed by atoms with Gasteiger partial charge in [-0.15, -0.1) is 0 Å². The van der Waals surface area contributed by atoms with Crippen molar-refractivity contribution >= 4 is 0 Å². The number of ether oxygens (including phenoxy) is 1. The highest BCUT2D eigenvalue weighted by Gasteiger charge is 1.98. The summed E-state index contributed by atoms with van der Waals surface area (Å²) in [5, 5.41) is 0. The first-order chi connectivity index (χ1) is 6.72. The Balaban J connectivity index is 2.50. The second kappa shape index (κ2) is 5.60. The van der Waals surface area contributed by atoms with Gasteiger partial charge in [0.05, 0.1) is 12.3 Å². The Kier molecular flexibility index (Phi) is 4.40. The van der Waals surface area contributed by atoms with E-state index in [1.165, 1.54) is 0 Å². The molecule has 1 heterocycles. The van der Waals surface area contributed by atoms with E-state index in [9.17, 15) is 0 Å². The number of nitrogens with zero attached hydrogens (tertiary/aromatic N) is 1. The predicted molar refractivity (Wildman–Crippen MR) is 57.4 cm³/mol. The highest BCUT2D eigenvalue weighted by Crippen LogP contribution is 2.11. The molecule has 1 aromatic heterocycles. The molecule has 1 aromatic rings. The van der Waals surface area contributed by atoms with E-state index in [1.54, 1.807) is 6.20 Å². The van der Waals surface area contributed by atoms with Gasteiger partial charge in [-0.05, 0) is 45.4 Å². The monoisotopic (exact) mass is 194 g/mol. The summed E-state index contributed by atoms with van der Waals surface area (Å²) in [6.45, 7) is 4.72. The lowest BCUT2D eigenvalue weighted by Gasteiger charge is -2.09. The van der Waals surface area contributed by atoms with E-state index >= 15 is 0 Å². The Hall–Kier alpha value is -1.09. The molecule has 0 saturated carbocycles. The average Bonchev–Trinajstić information content (AvgIpc) is 2.16. The van der Waals surface area contributed by atoms with Crippen LogP contribution in [0.15, 0.2) is 18.3 Å². The molecular weight excluding hydrogens is 176 g/mol. The van der Waals surface area contributed by atoms with Crippen molar-refractivity contribution in [1.29, 1.82) is 0 Å². The lowest BCUT2D eigenvalue weighted by molar-refractivity contribution is 0.241. The Morgan fingerprint density at radius 3 is 2.71 bits per heavy atom. The third-order valence-electron chi connectivity index (χ3n) is 1.81. The largest absolute Gasteiger partial charge is 0.489 e. The minimum Gasteiger partial charge on any atom is -0.489 e. The lowest BCUT2D eigenvalue weighted by Crippen LogP contribution is -2.06. The molecule has 0 radical (unpaired) electrons. The van der Waals surface area contributed by atoms with Crippen LogP contribution in [0.2, 0.25) is 0 Å². The summed E-state index contributed by atoms with van der Waals surface area (Å²) in [5.41, 5.74) is 6.50. The van der Waals surface area contributed by atoms with Gasteiger partial charge in [-0.25, -0.2) is 0 Å². The standard InChI is InChI=1S/C11H18N2O/c1-9(2)14-11-6-5-10(13-8-11)4-3-7-12/h5-6,8-9H,3-4,7,12H2,1-2H3. The van der Waals surface area contributed by atoms with Crippen LogP contribution in [-0.4, -0.2) is 17.6 Å². The molecule has 0 unspecified atom stereocenters. The molecule has 0 spiro atoms. The summed E-state index contributed by atoms with van der Waals surface area (Å²) in [6.07, 6.45) is 3.90. The molecule has 78 valence electrons. The van der Waals surface area contributed by atoms with Crippen molar-refractivity contribution < 1.29 is 4.74 Å². The number of pyridine rings is 1. The first kappa shape index (κ1) is 11.0. The van der Waals surface area contributed by atoms with Crippen LogP contribution in [0.3, 0.4) is 0 Å². The van der Waals surface area contributed by atoms with Gasteiger partial charge in [-0.3, -0.25) is 4.98 Å². The van der Waals surface area contributed by atoms with Gasteiger partial charge in [0.25, 0.3) is 0 Å². The van der Waals surface area contributed by atoms with Crippen LogP contribution in [0.5, 0.6) is 5.75 Å². The highest BCUT2D eigenvalue weighted by atomic mass is 16.5. The molecule has 0 amide bonds. The fourth-order valence-electron chi connectivity index (χ4n) is 1.18. The van der Waals surface area contributed by atoms with Crippen LogP contribution >= 0.6 is 0 Å². The number of hydrogen-bond acceptors (Lipinski definition) is 3. The zero-order valence-corrected chi connectivity index (χ0v) is 8.86. The van der Waals surface area contributed by atoms with Crippen molar-refractivity contribution in [2.24, 2.45) is 5.73 Å². The molecule has 1 rings (SSSR count). The summed E-state index contributed by atoms with van der Waals surface area (Å²) in [7, 11) is 0. The average molecular weight is 194 g/mol. The molecule has 0 aliphatic rings. The number of rotatable bonds is 5. The predicted octanol–water partition coefficient (Wildman–Crippen LogP) is 1.76. The van der Waals surface area contributed by atoms with E-state index in [2.05, 4.69) is 4.98 Å². The second-order valence-corrected chi connectivity index (χ2v) is 3.54. The third-order valence-corrected chi connectivity index (χ3v) is 1.81. The molecule has 0 aliphatic heterocycles. The lowest BCUT2D eigenvalue weighted by atomic mass is 10.2. The zero-order valence-electron chi connectivity index (χ0n) is 8.86. The number of hydrogen-bond donors (Lipinski definition) is 1. The maximum atomic E-state index is 5.49. The Bertz CT molecular complexity index is 256. The van der Waals surface area contributed by atoms with Gasteiger partial charge in [0.1, 0.15) is 5.75 Å². The van der Waals surface area contributed by atoms with Crippen molar-refractivity contribution in [2.45, 2.75) is 32.8 Å². The van der Waals surface area contributed by atoms with Crippen molar-refractivity contribution in [3.05, 3.63) is 24.0 Å². The maximum Gasteiger partial charge on any atom is 0.137 e. The van der Waals surface area contributed by atoms with E-state index in [1.807, 2.05) is 26.0 Å². The summed E-state index contributed by atoms with van der Waals surface area (Å²) >= 11 is 0. The van der Waals surface area contributed by atoms with Crippen molar-refractivity contribution in [2.75, 3.05) is 6.54 Å². The van der Waals surface area contributed by atoms with Crippen LogP contribution in [0.4, 0.5) is 0 Å². The van der Waals surface area contributed by atoms with E-state index in [0.717, 1.165) is 24.3 Å². The van der Waals surface area contributed by atoms with Crippen LogP contribution in [-0.2, 0) is 6.42 Å². The SMILES string of the molecule is CC(C)Oc1ccc(CCCN)nc1. The van der Waals surface area contributed by atoms with E-state index < -0.39 is 0 Å². The van der Waals surface area contributed by atoms with Gasteiger partial charge in [-0.1, -0.05) is 0 Å². The van der Waals surface area contributed by atoms with Gasteiger partial charge in [0, 0.05) is 5.69 Å². The van der Waals surface area contributed by atoms with Gasteiger partial charge in [0.15, 0.2) is 0 Å². The van der Waals surface area contributed by atoms with Crippen molar-refractivity contribution in [3.8, 4) is 5.75 Å². The normalized spacial score (nSPS) is 10.6. The Morgan fingerprint density at radius 2 is 2.21 bits per heavy atom. The quantitative estimate of drug-likeness (QED) is 0.777. The van der Waals surface area contributed by atoms with Crippen molar-refractivity contribution in [3.63, 3.8) is 0 Å². The minimum absolute atomic E-state index is 0.201. The van der Waals surface area contributed by atoms with Crippen LogP contribution < -0.4 is 10.5 Å². The maximum absolute atomic E-state index is 5.49. The number of aromatic nitrogens is 1. The molecular formula is C11H18N2O. The number of aryl methyl sites for hydroxylation is 1. The van der Waals surface area contributed by atoms with Gasteiger partial charge >= 0.3 is 0 Å².